The Labute approximate surface area is 266 Å². The zero-order valence-corrected chi connectivity index (χ0v) is 26.1. The highest BCUT2D eigenvalue weighted by Crippen LogP contribution is 2.38. The van der Waals surface area contributed by atoms with Gasteiger partial charge in [0.2, 0.25) is 11.6 Å². The molecule has 0 aliphatic carbocycles. The number of hydrogen-bond donors (Lipinski definition) is 1. The predicted molar refractivity (Wildman–Crippen MR) is 177 cm³/mol. The number of rotatable bonds is 9. The number of para-hydroxylation sites is 1. The van der Waals surface area contributed by atoms with Crippen molar-refractivity contribution in [2.75, 3.05) is 26.1 Å². The quantitative estimate of drug-likeness (QED) is 0.169. The van der Waals surface area contributed by atoms with E-state index in [1.54, 1.807) is 30.3 Å². The number of amides is 1. The summed E-state index contributed by atoms with van der Waals surface area (Å²) in [5, 5.41) is 8.57. The Bertz CT molecular complexity index is 2110. The normalized spacial score (nSPS) is 11.3. The molecule has 10 nitrogen and oxygen atoms in total. The monoisotopic (exact) mass is 666 g/mol. The summed E-state index contributed by atoms with van der Waals surface area (Å²) in [5.41, 5.74) is 3.08. The van der Waals surface area contributed by atoms with Crippen molar-refractivity contribution in [3.05, 3.63) is 111 Å². The number of aryl methyl sites for hydroxylation is 1. The van der Waals surface area contributed by atoms with Gasteiger partial charge in [0.1, 0.15) is 5.58 Å². The fourth-order valence-corrected chi connectivity index (χ4v) is 5.11. The lowest BCUT2D eigenvalue weighted by Gasteiger charge is -2.15. The molecule has 45 heavy (non-hydrogen) atoms. The van der Waals surface area contributed by atoms with Gasteiger partial charge in [0.25, 0.3) is 11.5 Å². The van der Waals surface area contributed by atoms with Crippen molar-refractivity contribution in [2.24, 2.45) is 5.10 Å². The second-order valence-electron chi connectivity index (χ2n) is 10.1. The van der Waals surface area contributed by atoms with E-state index < -0.39 is 0 Å². The average molecular weight is 668 g/mol. The standard InChI is InChI=1S/C34H27BrN4O6/c1-20-8-11-24(12-9-20)37-31(40)19-44-32-28(42-2)14-21(15-29(32)43-3)18-36-39-33(38-26-7-5-4-6-25(26)34(39)41)30-17-22-16-23(35)10-13-27(22)45-30/h4-18H,19H2,1-3H3,(H,37,40). The van der Waals surface area contributed by atoms with Gasteiger partial charge >= 0.3 is 0 Å². The molecule has 4 aromatic carbocycles. The SMILES string of the molecule is COc1cc(C=Nn2c(-c3cc4cc(Br)ccc4o3)nc3ccccc3c2=O)cc(OC)c1OCC(=O)Nc1ccc(C)cc1. The zero-order chi connectivity index (χ0) is 31.5. The minimum atomic E-state index is -0.369. The first kappa shape index (κ1) is 29.6. The van der Waals surface area contributed by atoms with E-state index in [1.165, 1.54) is 25.1 Å². The minimum absolute atomic E-state index is 0.237. The number of fused-ring (bicyclic) bond motifs is 2. The van der Waals surface area contributed by atoms with Crippen LogP contribution in [0.25, 0.3) is 33.5 Å². The van der Waals surface area contributed by atoms with Gasteiger partial charge in [-0.2, -0.15) is 9.78 Å². The molecule has 1 N–H and O–H groups in total. The number of halogens is 1. The molecule has 0 aliphatic heterocycles. The molecule has 0 radical (unpaired) electrons. The first-order chi connectivity index (χ1) is 21.8. The van der Waals surface area contributed by atoms with E-state index in [0.29, 0.717) is 45.0 Å². The number of nitrogens with one attached hydrogen (secondary N) is 1. The Morgan fingerprint density at radius 1 is 1.00 bits per heavy atom. The number of ether oxygens (including phenoxy) is 3. The number of methoxy groups -OCH3 is 2. The number of aromatic nitrogens is 2. The summed E-state index contributed by atoms with van der Waals surface area (Å²) in [5.74, 6) is 1.14. The summed E-state index contributed by atoms with van der Waals surface area (Å²) in [6.07, 6.45) is 1.49. The molecule has 0 aliphatic rings. The molecule has 1 amide bonds. The topological polar surface area (TPSA) is 117 Å². The Hall–Kier alpha value is -5.42. The van der Waals surface area contributed by atoms with Gasteiger partial charge in [0, 0.05) is 21.1 Å². The van der Waals surface area contributed by atoms with Gasteiger partial charge in [-0.15, -0.1) is 0 Å². The van der Waals surface area contributed by atoms with Crippen LogP contribution in [0.2, 0.25) is 0 Å². The van der Waals surface area contributed by atoms with Crippen molar-refractivity contribution in [3.63, 3.8) is 0 Å². The van der Waals surface area contributed by atoms with E-state index in [-0.39, 0.29) is 29.6 Å². The van der Waals surface area contributed by atoms with Crippen molar-refractivity contribution in [1.82, 2.24) is 9.66 Å². The number of benzene rings is 4. The molecule has 0 saturated carbocycles. The summed E-state index contributed by atoms with van der Waals surface area (Å²) in [6, 6.07) is 25.3. The van der Waals surface area contributed by atoms with E-state index in [9.17, 15) is 9.59 Å². The number of anilines is 1. The van der Waals surface area contributed by atoms with Crippen LogP contribution in [0.4, 0.5) is 5.69 Å². The number of hydrogen-bond acceptors (Lipinski definition) is 8. The molecular formula is C34H27BrN4O6. The molecule has 6 rings (SSSR count). The van der Waals surface area contributed by atoms with E-state index in [1.807, 2.05) is 61.5 Å². The van der Waals surface area contributed by atoms with Crippen LogP contribution in [0.1, 0.15) is 11.1 Å². The molecule has 0 saturated heterocycles. The number of furan rings is 1. The molecular weight excluding hydrogens is 640 g/mol. The van der Waals surface area contributed by atoms with Crippen LogP contribution in [-0.2, 0) is 4.79 Å². The first-order valence-corrected chi connectivity index (χ1v) is 14.6. The third-order valence-electron chi connectivity index (χ3n) is 6.94. The smallest absolute Gasteiger partial charge is 0.282 e. The third kappa shape index (κ3) is 6.29. The summed E-state index contributed by atoms with van der Waals surface area (Å²) < 4.78 is 25.1. The van der Waals surface area contributed by atoms with Crippen LogP contribution in [0.3, 0.4) is 0 Å². The van der Waals surface area contributed by atoms with Gasteiger partial charge in [-0.25, -0.2) is 4.98 Å². The van der Waals surface area contributed by atoms with Gasteiger partial charge < -0.3 is 23.9 Å². The molecule has 2 heterocycles. The average Bonchev–Trinajstić information content (AvgIpc) is 3.47. The van der Waals surface area contributed by atoms with Crippen LogP contribution in [0, 0.1) is 6.92 Å². The van der Waals surface area contributed by atoms with Gasteiger partial charge in [0.05, 0.1) is 31.3 Å². The highest BCUT2D eigenvalue weighted by atomic mass is 79.9. The van der Waals surface area contributed by atoms with Gasteiger partial charge in [-0.1, -0.05) is 45.8 Å². The third-order valence-corrected chi connectivity index (χ3v) is 7.43. The van der Waals surface area contributed by atoms with E-state index >= 15 is 0 Å². The van der Waals surface area contributed by atoms with Crippen molar-refractivity contribution in [3.8, 4) is 28.8 Å². The predicted octanol–water partition coefficient (Wildman–Crippen LogP) is 6.80. The number of carbonyl (C=O) groups excluding carboxylic acids is 1. The summed E-state index contributed by atoms with van der Waals surface area (Å²) >= 11 is 3.48. The summed E-state index contributed by atoms with van der Waals surface area (Å²) in [4.78, 5) is 30.9. The van der Waals surface area contributed by atoms with Crippen LogP contribution in [0.15, 0.2) is 104 Å². The van der Waals surface area contributed by atoms with Crippen molar-refractivity contribution < 1.29 is 23.4 Å². The summed E-state index contributed by atoms with van der Waals surface area (Å²) in [6.45, 7) is 1.70. The molecule has 0 spiro atoms. The number of carbonyl (C=O) groups is 1. The molecule has 6 aromatic rings. The van der Waals surface area contributed by atoms with Crippen molar-refractivity contribution in [2.45, 2.75) is 6.92 Å². The molecule has 0 atom stereocenters. The van der Waals surface area contributed by atoms with Crippen molar-refractivity contribution in [1.29, 1.82) is 0 Å². The fourth-order valence-electron chi connectivity index (χ4n) is 4.73. The molecule has 0 fully saturated rings. The Morgan fingerprint density at radius 3 is 2.47 bits per heavy atom. The highest BCUT2D eigenvalue weighted by Gasteiger charge is 2.18. The minimum Gasteiger partial charge on any atom is -0.493 e. The lowest BCUT2D eigenvalue weighted by molar-refractivity contribution is -0.118. The van der Waals surface area contributed by atoms with Gasteiger partial charge in [-0.3, -0.25) is 9.59 Å². The summed E-state index contributed by atoms with van der Waals surface area (Å²) in [7, 11) is 2.95. The van der Waals surface area contributed by atoms with E-state index in [4.69, 9.17) is 23.6 Å². The zero-order valence-electron chi connectivity index (χ0n) is 24.5. The van der Waals surface area contributed by atoms with Gasteiger partial charge in [0.15, 0.2) is 23.9 Å². The van der Waals surface area contributed by atoms with E-state index in [2.05, 4.69) is 26.3 Å². The maximum atomic E-state index is 13.7. The Balaban J connectivity index is 1.33. The lowest BCUT2D eigenvalue weighted by atomic mass is 10.2. The Kier molecular flexibility index (Phi) is 8.35. The first-order valence-electron chi connectivity index (χ1n) is 13.8. The van der Waals surface area contributed by atoms with Crippen LogP contribution in [-0.4, -0.2) is 42.6 Å². The maximum Gasteiger partial charge on any atom is 0.282 e. The molecule has 0 bridgehead atoms. The molecule has 226 valence electrons. The lowest BCUT2D eigenvalue weighted by Crippen LogP contribution is -2.20. The van der Waals surface area contributed by atoms with Crippen LogP contribution in [0.5, 0.6) is 17.2 Å². The maximum absolute atomic E-state index is 13.7. The fraction of sp³-hybridized carbons (Fsp3) is 0.118. The highest BCUT2D eigenvalue weighted by molar-refractivity contribution is 9.10. The number of nitrogens with zero attached hydrogens (tertiary/aromatic N) is 3. The van der Waals surface area contributed by atoms with Gasteiger partial charge in [-0.05, 0) is 67.6 Å². The molecule has 11 heteroatoms. The van der Waals surface area contributed by atoms with E-state index in [0.717, 1.165) is 15.4 Å². The van der Waals surface area contributed by atoms with Crippen LogP contribution < -0.4 is 25.1 Å². The Morgan fingerprint density at radius 2 is 1.73 bits per heavy atom. The largest absolute Gasteiger partial charge is 0.493 e. The molecule has 2 aromatic heterocycles. The van der Waals surface area contributed by atoms with Crippen molar-refractivity contribution >= 4 is 55.6 Å². The molecule has 0 unspecified atom stereocenters. The van der Waals surface area contributed by atoms with Crippen LogP contribution >= 0.6 is 15.9 Å². The second kappa shape index (κ2) is 12.7. The second-order valence-corrected chi connectivity index (χ2v) is 11.0.